The average molecular weight is 763 g/mol. The van der Waals surface area contributed by atoms with Gasteiger partial charge in [0.25, 0.3) is 5.91 Å². The van der Waals surface area contributed by atoms with Crippen LogP contribution >= 0.6 is 23.2 Å². The molecular weight excluding hydrogens is 726 g/mol. The molecule has 13 nitrogen and oxygen atoms in total. The molecule has 0 aliphatic heterocycles. The highest BCUT2D eigenvalue weighted by molar-refractivity contribution is 7.89. The Bertz CT molecular complexity index is 1880. The number of allylic oxidation sites excluding steroid dienone is 2. The van der Waals surface area contributed by atoms with Gasteiger partial charge in [0.1, 0.15) is 5.69 Å². The van der Waals surface area contributed by atoms with Gasteiger partial charge in [-0.1, -0.05) is 49.3 Å². The second-order valence-corrected chi connectivity index (χ2v) is 12.1. The number of aryl methyl sites for hydroxylation is 1. The van der Waals surface area contributed by atoms with Gasteiger partial charge in [-0.05, 0) is 55.8 Å². The summed E-state index contributed by atoms with van der Waals surface area (Å²) < 4.78 is 73.3. The van der Waals surface area contributed by atoms with Crippen molar-refractivity contribution >= 4 is 69.2 Å². The van der Waals surface area contributed by atoms with Crippen LogP contribution in [0.15, 0.2) is 70.0 Å². The molecule has 0 radical (unpaired) electrons. The van der Waals surface area contributed by atoms with E-state index in [2.05, 4.69) is 36.9 Å². The highest BCUT2D eigenvalue weighted by atomic mass is 35.5. The molecule has 2 aromatic carbocycles. The van der Waals surface area contributed by atoms with E-state index in [1.54, 1.807) is 27.9 Å². The molecule has 0 saturated carbocycles. The average Bonchev–Trinajstić information content (AvgIpc) is 3.50. The van der Waals surface area contributed by atoms with Crippen LogP contribution in [0.5, 0.6) is 0 Å². The number of nitrogens with zero attached hydrogens (tertiary/aromatic N) is 4. The number of halogens is 5. The van der Waals surface area contributed by atoms with Crippen molar-refractivity contribution < 1.29 is 40.7 Å². The molecule has 3 rings (SSSR count). The number of aromatic nitrogens is 2. The molecule has 0 unspecified atom stereocenters. The number of anilines is 1. The number of ether oxygens (including phenoxy) is 1. The zero-order valence-electron chi connectivity index (χ0n) is 26.7. The summed E-state index contributed by atoms with van der Waals surface area (Å²) in [6.45, 7) is 6.15. The molecule has 50 heavy (non-hydrogen) atoms. The minimum absolute atomic E-state index is 0. The topological polar surface area (TPSA) is 164 Å². The van der Waals surface area contributed by atoms with Gasteiger partial charge in [0.05, 0.1) is 40.5 Å². The molecule has 0 atom stereocenters. The number of hydrogen-bond donors (Lipinski definition) is 3. The van der Waals surface area contributed by atoms with Gasteiger partial charge < -0.3 is 10.1 Å². The molecular formula is C31H36Cl2F3N7O6S. The summed E-state index contributed by atoms with van der Waals surface area (Å²) in [5.41, 5.74) is 1.70. The Hall–Kier alpha value is -4.55. The summed E-state index contributed by atoms with van der Waals surface area (Å²) in [4.78, 5) is 38.6. The number of sulfonamides is 1. The summed E-state index contributed by atoms with van der Waals surface area (Å²) in [7, 11) is -0.129. The number of amides is 2. The maximum Gasteiger partial charge on any atom is 0.423 e. The zero-order valence-corrected chi connectivity index (χ0v) is 29.1. The maximum absolute atomic E-state index is 13.4. The first-order chi connectivity index (χ1) is 22.9. The smallest absolute Gasteiger partial charge is 0.423 e. The first-order valence-electron chi connectivity index (χ1n) is 13.8. The minimum atomic E-state index is -4.92. The first-order valence-corrected chi connectivity index (χ1v) is 16.0. The molecule has 0 fully saturated rings. The number of nitrogens with one attached hydrogen (secondary N) is 3. The molecule has 3 N–H and O–H groups in total. The molecule has 272 valence electrons. The van der Waals surface area contributed by atoms with Crippen LogP contribution < -0.4 is 15.5 Å². The molecule has 2 amide bonds. The van der Waals surface area contributed by atoms with E-state index in [1.165, 1.54) is 42.6 Å². The number of hydrogen-bond acceptors (Lipinski definition) is 9. The molecule has 0 bridgehead atoms. The number of hydrazine groups is 1. The van der Waals surface area contributed by atoms with Crippen molar-refractivity contribution in [1.82, 2.24) is 24.9 Å². The third-order valence-electron chi connectivity index (χ3n) is 6.24. The van der Waals surface area contributed by atoms with Crippen molar-refractivity contribution in [2.24, 2.45) is 4.99 Å². The zero-order chi connectivity index (χ0) is 37.1. The Morgan fingerprint density at radius 1 is 1.20 bits per heavy atom. The van der Waals surface area contributed by atoms with Gasteiger partial charge >= 0.3 is 12.3 Å². The number of alkyl halides is 3. The molecule has 3 aromatic rings. The number of carbonyl (C=O) groups excluding carboxylic acids is 3. The number of methoxy groups -OCH3 is 1. The second-order valence-electron chi connectivity index (χ2n) is 9.53. The summed E-state index contributed by atoms with van der Waals surface area (Å²) in [5.74, 6) is -0.853. The van der Waals surface area contributed by atoms with Crippen molar-refractivity contribution in [2.75, 3.05) is 26.5 Å². The van der Waals surface area contributed by atoms with E-state index in [-0.39, 0.29) is 45.9 Å². The highest BCUT2D eigenvalue weighted by Gasteiger charge is 2.37. The fraction of sp³-hybridized carbons (Fsp3) is 0.258. The fourth-order valence-corrected chi connectivity index (χ4v) is 5.53. The van der Waals surface area contributed by atoms with Crippen LogP contribution in [0.25, 0.3) is 5.82 Å². The van der Waals surface area contributed by atoms with Crippen molar-refractivity contribution in [3.8, 4) is 0 Å². The molecule has 1 heterocycles. The van der Waals surface area contributed by atoms with Crippen LogP contribution in [0.2, 0.25) is 5.02 Å². The Kier molecular flexibility index (Phi) is 16.5. The van der Waals surface area contributed by atoms with Crippen LogP contribution in [0, 0.1) is 6.92 Å². The minimum Gasteiger partial charge on any atom is -0.452 e. The normalized spacial score (nSPS) is 11.8. The van der Waals surface area contributed by atoms with Gasteiger partial charge in [-0.2, -0.15) is 18.3 Å². The van der Waals surface area contributed by atoms with Gasteiger partial charge in [-0.15, -0.1) is 0 Å². The van der Waals surface area contributed by atoms with Crippen LogP contribution in [-0.2, 0) is 27.5 Å². The van der Waals surface area contributed by atoms with E-state index < -0.39 is 45.2 Å². The van der Waals surface area contributed by atoms with Crippen LogP contribution in [0.1, 0.15) is 52.0 Å². The molecule has 0 saturated heterocycles. The maximum atomic E-state index is 13.4. The van der Waals surface area contributed by atoms with Gasteiger partial charge in [0.15, 0.2) is 12.1 Å². The Morgan fingerprint density at radius 2 is 1.84 bits per heavy atom. The third kappa shape index (κ3) is 11.2. The standard InChI is InChI=1S/C26H22Cl2F3N5O4S.C4H10N2O2.CH4/c1-4-20(28)24(32-5-2)36-21(25(38)34-23-15(3)10-17(27)11-16(23)14-37)12-18(35-36)13-33-41(39,40)22-9-7-6-8-19(22)26(29,30)31;1-5-6(2)4(7)8-3;/h4-12,14,33H,1,13H2,2-3H3,(H,34,38);5H,1-3H3;1H4/b24-20-,32-5-;;. The lowest BCUT2D eigenvalue weighted by molar-refractivity contribution is -0.139. The van der Waals surface area contributed by atoms with E-state index in [0.29, 0.717) is 17.9 Å². The van der Waals surface area contributed by atoms with E-state index in [9.17, 15) is 36.0 Å². The number of carbonyl (C=O) groups is 3. The van der Waals surface area contributed by atoms with E-state index in [0.717, 1.165) is 22.9 Å². The van der Waals surface area contributed by atoms with Crippen LogP contribution in [0.4, 0.5) is 23.7 Å². The monoisotopic (exact) mass is 761 g/mol. The Labute approximate surface area is 297 Å². The summed E-state index contributed by atoms with van der Waals surface area (Å²) in [5, 5.41) is 8.31. The van der Waals surface area contributed by atoms with Gasteiger partial charge in [-0.3, -0.25) is 9.59 Å². The Morgan fingerprint density at radius 3 is 2.36 bits per heavy atom. The quantitative estimate of drug-likeness (QED) is 0.0863. The molecule has 0 spiro atoms. The highest BCUT2D eigenvalue weighted by Crippen LogP contribution is 2.34. The van der Waals surface area contributed by atoms with Crippen LogP contribution in [-0.4, -0.2) is 68.9 Å². The number of aliphatic imine (C=N–C) groups is 1. The predicted octanol–water partition coefficient (Wildman–Crippen LogP) is 6.50. The number of aldehydes is 1. The Balaban J connectivity index is 0.00000124. The van der Waals surface area contributed by atoms with Gasteiger partial charge in [-0.25, -0.2) is 38.0 Å². The third-order valence-corrected chi connectivity index (χ3v) is 8.24. The van der Waals surface area contributed by atoms with Crippen LogP contribution in [0.3, 0.4) is 0 Å². The lowest BCUT2D eigenvalue weighted by Crippen LogP contribution is -2.36. The summed E-state index contributed by atoms with van der Waals surface area (Å²) in [6, 6.07) is 7.77. The summed E-state index contributed by atoms with van der Waals surface area (Å²) >= 11 is 12.3. The van der Waals surface area contributed by atoms with E-state index >= 15 is 0 Å². The largest absolute Gasteiger partial charge is 0.452 e. The molecule has 19 heteroatoms. The predicted molar refractivity (Wildman–Crippen MR) is 187 cm³/mol. The molecule has 0 aliphatic rings. The van der Waals surface area contributed by atoms with Crippen molar-refractivity contribution in [3.63, 3.8) is 0 Å². The lowest BCUT2D eigenvalue weighted by Gasteiger charge is -2.13. The van der Waals surface area contributed by atoms with Gasteiger partial charge in [0.2, 0.25) is 10.0 Å². The second kappa shape index (κ2) is 19.0. The van der Waals surface area contributed by atoms with E-state index in [1.807, 2.05) is 0 Å². The fourth-order valence-electron chi connectivity index (χ4n) is 3.89. The van der Waals surface area contributed by atoms with Crippen molar-refractivity contribution in [2.45, 2.75) is 38.9 Å². The lowest BCUT2D eigenvalue weighted by atomic mass is 10.1. The van der Waals surface area contributed by atoms with Crippen molar-refractivity contribution in [3.05, 3.63) is 93.3 Å². The number of benzene rings is 2. The SMILES string of the molecule is C.C=C/C(Cl)=C(\N=C/C)n1nc(CNS(=O)(=O)c2ccccc2C(F)(F)F)cc1C(=O)Nc1c(C)cc(Cl)cc1C=O.CNN(C)C(=O)OC. The van der Waals surface area contributed by atoms with Crippen molar-refractivity contribution in [1.29, 1.82) is 0 Å². The summed E-state index contributed by atoms with van der Waals surface area (Å²) in [6.07, 6.45) is -2.22. The molecule has 1 aromatic heterocycles. The first kappa shape index (κ1) is 43.5. The number of rotatable bonds is 11. The van der Waals surface area contributed by atoms with E-state index in [4.69, 9.17) is 23.2 Å². The molecule has 0 aliphatic carbocycles. The van der Waals surface area contributed by atoms with Gasteiger partial charge in [0, 0.05) is 30.9 Å².